The zero-order valence-electron chi connectivity index (χ0n) is 13.1. The lowest BCUT2D eigenvalue weighted by Crippen LogP contribution is -2.41. The Morgan fingerprint density at radius 1 is 1.22 bits per heavy atom. The number of carbonyl (C=O) groups excluding carboxylic acids is 1. The molecule has 1 amide bonds. The summed E-state index contributed by atoms with van der Waals surface area (Å²) in [6.45, 7) is 1.87. The highest BCUT2D eigenvalue weighted by Gasteiger charge is 2.21. The number of benzene rings is 2. The van der Waals surface area contributed by atoms with E-state index >= 15 is 0 Å². The Morgan fingerprint density at radius 2 is 1.96 bits per heavy atom. The van der Waals surface area contributed by atoms with E-state index in [9.17, 15) is 9.90 Å². The van der Waals surface area contributed by atoms with Crippen molar-refractivity contribution in [3.63, 3.8) is 0 Å². The Bertz CT molecular complexity index is 703. The average Bonchev–Trinajstić information content (AvgIpc) is 2.59. The molecule has 2 aromatic rings. The number of nitrogens with one attached hydrogen (secondary N) is 1. The summed E-state index contributed by atoms with van der Waals surface area (Å²) in [5.41, 5.74) is 1.02. The van der Waals surface area contributed by atoms with Crippen molar-refractivity contribution in [2.24, 2.45) is 0 Å². The van der Waals surface area contributed by atoms with Crippen molar-refractivity contribution in [2.45, 2.75) is 25.4 Å². The summed E-state index contributed by atoms with van der Waals surface area (Å²) >= 11 is 0. The minimum atomic E-state index is -0.988. The van der Waals surface area contributed by atoms with E-state index in [1.165, 1.54) is 6.07 Å². The summed E-state index contributed by atoms with van der Waals surface area (Å²) in [7, 11) is 0. The van der Waals surface area contributed by atoms with E-state index < -0.39 is 5.60 Å². The van der Waals surface area contributed by atoms with Gasteiger partial charge in [0.25, 0.3) is 5.91 Å². The van der Waals surface area contributed by atoms with Gasteiger partial charge in [0.1, 0.15) is 0 Å². The molecule has 1 unspecified atom stereocenters. The van der Waals surface area contributed by atoms with Crippen LogP contribution in [-0.4, -0.2) is 23.2 Å². The maximum atomic E-state index is 12.1. The molecule has 0 heterocycles. The molecule has 0 radical (unpaired) electrons. The number of nitriles is 1. The number of aryl methyl sites for hydroxylation is 1. The SMILES string of the molecule is CC(O)(CCc1ccccc1)CNC(=O)c1cccc(C#N)c1. The van der Waals surface area contributed by atoms with Crippen LogP contribution in [0, 0.1) is 11.3 Å². The van der Waals surface area contributed by atoms with Crippen LogP contribution in [0.5, 0.6) is 0 Å². The summed E-state index contributed by atoms with van der Waals surface area (Å²) in [6, 6.07) is 18.4. The standard InChI is InChI=1S/C19H20N2O2/c1-19(23,11-10-15-6-3-2-4-7-15)14-21-18(22)17-9-5-8-16(12-17)13-20/h2-9,12,23H,10-11,14H2,1H3,(H,21,22). The van der Waals surface area contributed by atoms with Crippen molar-refractivity contribution in [1.82, 2.24) is 5.32 Å². The normalized spacial score (nSPS) is 12.9. The fourth-order valence-electron chi connectivity index (χ4n) is 2.25. The Labute approximate surface area is 136 Å². The Hall–Kier alpha value is -2.64. The van der Waals surface area contributed by atoms with Gasteiger partial charge in [-0.25, -0.2) is 0 Å². The second-order valence-electron chi connectivity index (χ2n) is 5.86. The van der Waals surface area contributed by atoms with Crippen molar-refractivity contribution < 1.29 is 9.90 Å². The van der Waals surface area contributed by atoms with Crippen LogP contribution in [0.1, 0.15) is 34.8 Å². The smallest absolute Gasteiger partial charge is 0.251 e. The van der Waals surface area contributed by atoms with Crippen LogP contribution in [0.15, 0.2) is 54.6 Å². The number of nitrogens with zero attached hydrogens (tertiary/aromatic N) is 1. The van der Waals surface area contributed by atoms with Crippen LogP contribution in [0.3, 0.4) is 0 Å². The third-order valence-corrected chi connectivity index (χ3v) is 3.68. The molecule has 23 heavy (non-hydrogen) atoms. The number of hydrogen-bond acceptors (Lipinski definition) is 3. The Kier molecular flexibility index (Phi) is 5.51. The van der Waals surface area contributed by atoms with Gasteiger partial charge in [-0.2, -0.15) is 5.26 Å². The molecule has 4 heteroatoms. The van der Waals surface area contributed by atoms with E-state index in [1.54, 1.807) is 25.1 Å². The van der Waals surface area contributed by atoms with Crippen LogP contribution >= 0.6 is 0 Å². The molecule has 0 saturated carbocycles. The molecular formula is C19H20N2O2. The predicted octanol–water partition coefficient (Wildman–Crippen LogP) is 2.67. The van der Waals surface area contributed by atoms with Gasteiger partial charge in [-0.3, -0.25) is 4.79 Å². The molecule has 1 atom stereocenters. The van der Waals surface area contributed by atoms with E-state index in [0.717, 1.165) is 12.0 Å². The third kappa shape index (κ3) is 5.24. The van der Waals surface area contributed by atoms with Gasteiger partial charge in [0.15, 0.2) is 0 Å². The van der Waals surface area contributed by atoms with Crippen LogP contribution in [0.2, 0.25) is 0 Å². The van der Waals surface area contributed by atoms with Crippen molar-refractivity contribution in [2.75, 3.05) is 6.54 Å². The molecular weight excluding hydrogens is 288 g/mol. The van der Waals surface area contributed by atoms with Gasteiger partial charge in [0.05, 0.1) is 17.2 Å². The highest BCUT2D eigenvalue weighted by Crippen LogP contribution is 2.13. The van der Waals surface area contributed by atoms with E-state index in [-0.39, 0.29) is 12.5 Å². The van der Waals surface area contributed by atoms with Gasteiger partial charge >= 0.3 is 0 Å². The maximum absolute atomic E-state index is 12.1. The van der Waals surface area contributed by atoms with E-state index in [2.05, 4.69) is 5.32 Å². The first-order valence-corrected chi connectivity index (χ1v) is 7.55. The Morgan fingerprint density at radius 3 is 2.65 bits per heavy atom. The summed E-state index contributed by atoms with van der Waals surface area (Å²) in [5, 5.41) is 22.0. The third-order valence-electron chi connectivity index (χ3n) is 3.68. The van der Waals surface area contributed by atoms with Crippen LogP contribution < -0.4 is 5.32 Å². The first-order valence-electron chi connectivity index (χ1n) is 7.55. The van der Waals surface area contributed by atoms with Crippen molar-refractivity contribution in [3.05, 3.63) is 71.3 Å². The van der Waals surface area contributed by atoms with E-state index in [0.29, 0.717) is 17.5 Å². The molecule has 0 bridgehead atoms. The molecule has 0 fully saturated rings. The lowest BCUT2D eigenvalue weighted by molar-refractivity contribution is 0.0478. The van der Waals surface area contributed by atoms with Gasteiger partial charge in [-0.05, 0) is 43.5 Å². The van der Waals surface area contributed by atoms with Crippen molar-refractivity contribution in [1.29, 1.82) is 5.26 Å². The molecule has 0 saturated heterocycles. The minimum Gasteiger partial charge on any atom is -0.388 e. The lowest BCUT2D eigenvalue weighted by atomic mass is 9.96. The molecule has 0 aromatic heterocycles. The molecule has 118 valence electrons. The molecule has 0 aliphatic heterocycles. The van der Waals surface area contributed by atoms with Crippen LogP contribution in [-0.2, 0) is 6.42 Å². The molecule has 2 aromatic carbocycles. The van der Waals surface area contributed by atoms with Crippen LogP contribution in [0.25, 0.3) is 0 Å². The summed E-state index contributed by atoms with van der Waals surface area (Å²) in [5.74, 6) is -0.290. The molecule has 2 rings (SSSR count). The summed E-state index contributed by atoms with van der Waals surface area (Å²) in [4.78, 5) is 12.1. The fourth-order valence-corrected chi connectivity index (χ4v) is 2.25. The van der Waals surface area contributed by atoms with Gasteiger partial charge in [-0.15, -0.1) is 0 Å². The summed E-state index contributed by atoms with van der Waals surface area (Å²) in [6.07, 6.45) is 1.29. The second kappa shape index (κ2) is 7.57. The lowest BCUT2D eigenvalue weighted by Gasteiger charge is -2.23. The number of amides is 1. The monoisotopic (exact) mass is 308 g/mol. The van der Waals surface area contributed by atoms with E-state index in [1.807, 2.05) is 36.4 Å². The van der Waals surface area contributed by atoms with Crippen molar-refractivity contribution in [3.8, 4) is 6.07 Å². The van der Waals surface area contributed by atoms with E-state index in [4.69, 9.17) is 5.26 Å². The highest BCUT2D eigenvalue weighted by atomic mass is 16.3. The maximum Gasteiger partial charge on any atom is 0.251 e. The van der Waals surface area contributed by atoms with Gasteiger partial charge in [0.2, 0.25) is 0 Å². The van der Waals surface area contributed by atoms with Crippen molar-refractivity contribution >= 4 is 5.91 Å². The summed E-state index contributed by atoms with van der Waals surface area (Å²) < 4.78 is 0. The number of rotatable bonds is 6. The molecule has 2 N–H and O–H groups in total. The first-order chi connectivity index (χ1) is 11.0. The van der Waals surface area contributed by atoms with Crippen LogP contribution in [0.4, 0.5) is 0 Å². The molecule has 0 aliphatic rings. The minimum absolute atomic E-state index is 0.162. The van der Waals surface area contributed by atoms with Gasteiger partial charge in [0, 0.05) is 12.1 Å². The fraction of sp³-hybridized carbons (Fsp3) is 0.263. The largest absolute Gasteiger partial charge is 0.388 e. The Balaban J connectivity index is 1.88. The number of carbonyl (C=O) groups is 1. The van der Waals surface area contributed by atoms with Gasteiger partial charge < -0.3 is 10.4 Å². The first kappa shape index (κ1) is 16.7. The molecule has 0 aliphatic carbocycles. The van der Waals surface area contributed by atoms with Gasteiger partial charge in [-0.1, -0.05) is 36.4 Å². The quantitative estimate of drug-likeness (QED) is 0.861. The molecule has 0 spiro atoms. The highest BCUT2D eigenvalue weighted by molar-refractivity contribution is 5.94. The topological polar surface area (TPSA) is 73.1 Å². The second-order valence-corrected chi connectivity index (χ2v) is 5.86. The zero-order chi connectivity index (χ0) is 16.7. The molecule has 4 nitrogen and oxygen atoms in total. The zero-order valence-corrected chi connectivity index (χ0v) is 13.1. The average molecular weight is 308 g/mol. The number of hydrogen-bond donors (Lipinski definition) is 2. The number of aliphatic hydroxyl groups is 1. The predicted molar refractivity (Wildman–Crippen MR) is 88.9 cm³/mol.